The summed E-state index contributed by atoms with van der Waals surface area (Å²) in [6.45, 7) is 3.70. The van der Waals surface area contributed by atoms with E-state index < -0.39 is 11.5 Å². The average molecular weight is 197 g/mol. The van der Waals surface area contributed by atoms with Gasteiger partial charge in [-0.25, -0.2) is 8.78 Å². The standard InChI is InChI=1S/C11H13F2N/c1-7-3-4-8(2)9(5-7)10(14)6-11(10,12)13/h3-5H,6,14H2,1-2H3. The lowest BCUT2D eigenvalue weighted by Crippen LogP contribution is -2.28. The molecule has 1 aliphatic rings. The first-order chi connectivity index (χ1) is 6.37. The van der Waals surface area contributed by atoms with E-state index in [1.807, 2.05) is 26.0 Å². The summed E-state index contributed by atoms with van der Waals surface area (Å²) >= 11 is 0. The van der Waals surface area contributed by atoms with Gasteiger partial charge in [0.2, 0.25) is 0 Å². The van der Waals surface area contributed by atoms with E-state index in [2.05, 4.69) is 0 Å². The second-order valence-corrected chi connectivity index (χ2v) is 4.17. The molecule has 0 amide bonds. The molecule has 0 saturated heterocycles. The maximum absolute atomic E-state index is 13.1. The summed E-state index contributed by atoms with van der Waals surface area (Å²) in [6.07, 6.45) is -0.232. The number of halogens is 2. The van der Waals surface area contributed by atoms with Gasteiger partial charge in [0.15, 0.2) is 0 Å². The van der Waals surface area contributed by atoms with Crippen LogP contribution >= 0.6 is 0 Å². The molecule has 76 valence electrons. The van der Waals surface area contributed by atoms with Gasteiger partial charge in [-0.3, -0.25) is 0 Å². The summed E-state index contributed by atoms with van der Waals surface area (Å²) in [7, 11) is 0. The van der Waals surface area contributed by atoms with Gasteiger partial charge in [-0.2, -0.15) is 0 Å². The molecular weight excluding hydrogens is 184 g/mol. The molecular formula is C11H13F2N. The van der Waals surface area contributed by atoms with Gasteiger partial charge in [-0.1, -0.05) is 23.8 Å². The molecule has 0 heterocycles. The van der Waals surface area contributed by atoms with Crippen LogP contribution in [-0.4, -0.2) is 5.92 Å². The van der Waals surface area contributed by atoms with E-state index in [1.54, 1.807) is 6.07 Å². The van der Waals surface area contributed by atoms with E-state index in [1.165, 1.54) is 0 Å². The fourth-order valence-electron chi connectivity index (χ4n) is 1.81. The Bertz CT molecular complexity index is 387. The zero-order chi connectivity index (χ0) is 10.6. The van der Waals surface area contributed by atoms with E-state index in [0.717, 1.165) is 11.1 Å². The van der Waals surface area contributed by atoms with Gasteiger partial charge in [0.05, 0.1) is 0 Å². The molecule has 1 aliphatic carbocycles. The molecule has 1 fully saturated rings. The number of hydrogen-bond donors (Lipinski definition) is 1. The molecule has 1 nitrogen and oxygen atoms in total. The summed E-state index contributed by atoms with van der Waals surface area (Å²) < 4.78 is 26.1. The highest BCUT2D eigenvalue weighted by molar-refractivity contribution is 5.43. The van der Waals surface area contributed by atoms with Crippen molar-refractivity contribution in [2.45, 2.75) is 31.7 Å². The summed E-state index contributed by atoms with van der Waals surface area (Å²) in [4.78, 5) is 0. The Morgan fingerprint density at radius 2 is 1.86 bits per heavy atom. The van der Waals surface area contributed by atoms with Crippen LogP contribution in [0.4, 0.5) is 8.78 Å². The van der Waals surface area contributed by atoms with Crippen molar-refractivity contribution in [2.75, 3.05) is 0 Å². The zero-order valence-electron chi connectivity index (χ0n) is 8.27. The maximum atomic E-state index is 13.1. The molecule has 0 radical (unpaired) electrons. The average Bonchev–Trinajstić information content (AvgIpc) is 2.58. The fourth-order valence-corrected chi connectivity index (χ4v) is 1.81. The van der Waals surface area contributed by atoms with Crippen LogP contribution in [0.2, 0.25) is 0 Å². The molecule has 2 N–H and O–H groups in total. The number of rotatable bonds is 1. The minimum absolute atomic E-state index is 0.232. The highest BCUT2D eigenvalue weighted by Crippen LogP contribution is 2.58. The van der Waals surface area contributed by atoms with E-state index in [0.29, 0.717) is 5.56 Å². The van der Waals surface area contributed by atoms with E-state index in [-0.39, 0.29) is 6.42 Å². The second-order valence-electron chi connectivity index (χ2n) is 4.17. The lowest BCUT2D eigenvalue weighted by Gasteiger charge is -2.14. The van der Waals surface area contributed by atoms with Crippen LogP contribution in [-0.2, 0) is 5.54 Å². The quantitative estimate of drug-likeness (QED) is 0.735. The predicted octanol–water partition coefficient (Wildman–Crippen LogP) is 2.50. The van der Waals surface area contributed by atoms with Crippen LogP contribution in [0.1, 0.15) is 23.1 Å². The lowest BCUT2D eigenvalue weighted by molar-refractivity contribution is 0.0889. The highest BCUT2D eigenvalue weighted by Gasteiger charge is 2.70. The van der Waals surface area contributed by atoms with Crippen molar-refractivity contribution < 1.29 is 8.78 Å². The largest absolute Gasteiger partial charge is 0.316 e. The van der Waals surface area contributed by atoms with Crippen molar-refractivity contribution in [3.63, 3.8) is 0 Å². The number of alkyl halides is 2. The molecule has 1 aromatic rings. The summed E-state index contributed by atoms with van der Waals surface area (Å²) in [5.74, 6) is -2.73. The van der Waals surface area contributed by atoms with Gasteiger partial charge in [0.1, 0.15) is 5.54 Å². The molecule has 1 atom stereocenters. The Morgan fingerprint density at radius 3 is 2.36 bits per heavy atom. The number of nitrogens with two attached hydrogens (primary N) is 1. The third kappa shape index (κ3) is 1.16. The SMILES string of the molecule is Cc1ccc(C)c(C2(N)CC2(F)F)c1. The normalized spacial score (nSPS) is 28.9. The first-order valence-electron chi connectivity index (χ1n) is 4.61. The third-order valence-corrected chi connectivity index (χ3v) is 2.90. The molecule has 0 bridgehead atoms. The van der Waals surface area contributed by atoms with Crippen LogP contribution in [0, 0.1) is 13.8 Å². The van der Waals surface area contributed by atoms with Crippen LogP contribution in [0.5, 0.6) is 0 Å². The highest BCUT2D eigenvalue weighted by atomic mass is 19.3. The Labute approximate surface area is 81.9 Å². The first kappa shape index (κ1) is 9.59. The number of benzene rings is 1. The number of aryl methyl sites for hydroxylation is 2. The minimum atomic E-state index is -2.73. The van der Waals surface area contributed by atoms with Crippen molar-refractivity contribution in [1.29, 1.82) is 0 Å². The molecule has 1 saturated carbocycles. The molecule has 1 unspecified atom stereocenters. The molecule has 0 aromatic heterocycles. The lowest BCUT2D eigenvalue weighted by atomic mass is 9.97. The molecule has 2 rings (SSSR count). The van der Waals surface area contributed by atoms with Crippen molar-refractivity contribution in [3.8, 4) is 0 Å². The second kappa shape index (κ2) is 2.54. The van der Waals surface area contributed by atoms with E-state index in [9.17, 15) is 8.78 Å². The van der Waals surface area contributed by atoms with Crippen LogP contribution in [0.15, 0.2) is 18.2 Å². The number of hydrogen-bond acceptors (Lipinski definition) is 1. The van der Waals surface area contributed by atoms with Gasteiger partial charge in [0, 0.05) is 6.42 Å². The Kier molecular flexibility index (Phi) is 1.74. The van der Waals surface area contributed by atoms with Gasteiger partial charge in [-0.05, 0) is 25.0 Å². The van der Waals surface area contributed by atoms with Gasteiger partial charge in [-0.15, -0.1) is 0 Å². The Balaban J connectivity index is 2.48. The maximum Gasteiger partial charge on any atom is 0.272 e. The van der Waals surface area contributed by atoms with Crippen molar-refractivity contribution in [1.82, 2.24) is 0 Å². The molecule has 3 heteroatoms. The van der Waals surface area contributed by atoms with Gasteiger partial charge < -0.3 is 5.73 Å². The van der Waals surface area contributed by atoms with Crippen LogP contribution in [0.25, 0.3) is 0 Å². The zero-order valence-corrected chi connectivity index (χ0v) is 8.27. The van der Waals surface area contributed by atoms with Crippen molar-refractivity contribution >= 4 is 0 Å². The third-order valence-electron chi connectivity index (χ3n) is 2.90. The minimum Gasteiger partial charge on any atom is -0.316 e. The summed E-state index contributed by atoms with van der Waals surface area (Å²) in [6, 6.07) is 5.51. The molecule has 14 heavy (non-hydrogen) atoms. The Hall–Kier alpha value is -0.960. The van der Waals surface area contributed by atoms with Crippen molar-refractivity contribution in [2.24, 2.45) is 5.73 Å². The van der Waals surface area contributed by atoms with Crippen LogP contribution < -0.4 is 5.73 Å². The summed E-state index contributed by atoms with van der Waals surface area (Å²) in [5.41, 5.74) is 6.65. The smallest absolute Gasteiger partial charge is 0.272 e. The fraction of sp³-hybridized carbons (Fsp3) is 0.455. The van der Waals surface area contributed by atoms with Gasteiger partial charge >= 0.3 is 0 Å². The van der Waals surface area contributed by atoms with E-state index in [4.69, 9.17) is 5.73 Å². The van der Waals surface area contributed by atoms with Crippen LogP contribution in [0.3, 0.4) is 0 Å². The molecule has 1 aromatic carbocycles. The predicted molar refractivity (Wildman–Crippen MR) is 51.3 cm³/mol. The topological polar surface area (TPSA) is 26.0 Å². The van der Waals surface area contributed by atoms with E-state index >= 15 is 0 Å². The molecule has 0 aliphatic heterocycles. The van der Waals surface area contributed by atoms with Gasteiger partial charge in [0.25, 0.3) is 5.92 Å². The first-order valence-corrected chi connectivity index (χ1v) is 4.61. The molecule has 0 spiro atoms. The Morgan fingerprint density at radius 1 is 1.29 bits per heavy atom. The monoisotopic (exact) mass is 197 g/mol. The van der Waals surface area contributed by atoms with Crippen molar-refractivity contribution in [3.05, 3.63) is 34.9 Å². The summed E-state index contributed by atoms with van der Waals surface area (Å²) in [5, 5.41) is 0.